The van der Waals surface area contributed by atoms with E-state index in [2.05, 4.69) is 23.6 Å². The number of rotatable bonds is 6. The van der Waals surface area contributed by atoms with E-state index in [4.69, 9.17) is 0 Å². The number of urea groups is 1. The van der Waals surface area contributed by atoms with Gasteiger partial charge in [0.2, 0.25) is 5.91 Å². The lowest BCUT2D eigenvalue weighted by Gasteiger charge is -2.32. The van der Waals surface area contributed by atoms with Crippen molar-refractivity contribution in [2.75, 3.05) is 18.4 Å². The van der Waals surface area contributed by atoms with Crippen molar-refractivity contribution in [3.63, 3.8) is 0 Å². The molecule has 1 aliphatic heterocycles. The van der Waals surface area contributed by atoms with Gasteiger partial charge in [0.1, 0.15) is 0 Å². The van der Waals surface area contributed by atoms with Crippen LogP contribution in [0.25, 0.3) is 0 Å². The fraction of sp³-hybridized carbons (Fsp3) is 0.391. The summed E-state index contributed by atoms with van der Waals surface area (Å²) in [5.41, 5.74) is 3.15. The lowest BCUT2D eigenvalue weighted by atomic mass is 9.93. The summed E-state index contributed by atoms with van der Waals surface area (Å²) >= 11 is 0. The summed E-state index contributed by atoms with van der Waals surface area (Å²) in [5, 5.41) is 5.96. The number of piperidine rings is 1. The third kappa shape index (κ3) is 5.84. The van der Waals surface area contributed by atoms with Gasteiger partial charge in [0.25, 0.3) is 0 Å². The van der Waals surface area contributed by atoms with Gasteiger partial charge in [-0.1, -0.05) is 42.5 Å². The molecule has 0 aliphatic carbocycles. The van der Waals surface area contributed by atoms with E-state index in [1.54, 1.807) is 0 Å². The smallest absolute Gasteiger partial charge is 0.321 e. The molecule has 0 aromatic heterocycles. The molecular formula is C23H29N3O2. The van der Waals surface area contributed by atoms with Gasteiger partial charge in [-0.3, -0.25) is 4.79 Å². The molecule has 0 unspecified atom stereocenters. The highest BCUT2D eigenvalue weighted by Crippen LogP contribution is 2.22. The molecule has 5 nitrogen and oxygen atoms in total. The Hall–Kier alpha value is -2.82. The van der Waals surface area contributed by atoms with Crippen molar-refractivity contribution in [3.05, 3.63) is 65.7 Å². The zero-order valence-corrected chi connectivity index (χ0v) is 16.5. The standard InChI is InChI=1S/C23H29N3O2/c1-18-8-5-6-10-20(18)16-24-22(27)14-13-19-9-7-15-26(17-19)23(28)25-21-11-3-2-4-12-21/h2-6,8,10-12,19H,7,9,13-17H2,1H3,(H,24,27)(H,25,28)/t19-/m0/s1. The van der Waals surface area contributed by atoms with Crippen LogP contribution < -0.4 is 10.6 Å². The lowest BCUT2D eigenvalue weighted by Crippen LogP contribution is -2.42. The van der Waals surface area contributed by atoms with E-state index < -0.39 is 0 Å². The minimum Gasteiger partial charge on any atom is -0.352 e. The zero-order valence-electron chi connectivity index (χ0n) is 16.5. The Kier molecular flexibility index (Phi) is 7.06. The average Bonchev–Trinajstić information content (AvgIpc) is 2.72. The monoisotopic (exact) mass is 379 g/mol. The summed E-state index contributed by atoms with van der Waals surface area (Å²) < 4.78 is 0. The fourth-order valence-electron chi connectivity index (χ4n) is 3.64. The maximum absolute atomic E-state index is 12.5. The molecule has 3 amide bonds. The molecule has 0 radical (unpaired) electrons. The molecule has 1 saturated heterocycles. The molecule has 2 N–H and O–H groups in total. The summed E-state index contributed by atoms with van der Waals surface area (Å²) in [7, 11) is 0. The topological polar surface area (TPSA) is 61.4 Å². The van der Waals surface area contributed by atoms with E-state index in [1.807, 2.05) is 53.4 Å². The van der Waals surface area contributed by atoms with Gasteiger partial charge in [0, 0.05) is 31.7 Å². The van der Waals surface area contributed by atoms with Gasteiger partial charge in [0.05, 0.1) is 0 Å². The van der Waals surface area contributed by atoms with Crippen molar-refractivity contribution >= 4 is 17.6 Å². The first-order valence-electron chi connectivity index (χ1n) is 10.0. The largest absolute Gasteiger partial charge is 0.352 e. The molecule has 28 heavy (non-hydrogen) atoms. The number of hydrogen-bond acceptors (Lipinski definition) is 2. The Morgan fingerprint density at radius 3 is 2.61 bits per heavy atom. The van der Waals surface area contributed by atoms with Crippen LogP contribution >= 0.6 is 0 Å². The molecule has 1 heterocycles. The second-order valence-electron chi connectivity index (χ2n) is 7.49. The SMILES string of the molecule is Cc1ccccc1CNC(=O)CC[C@@H]1CCCN(C(=O)Nc2ccccc2)C1. The first kappa shape index (κ1) is 19.9. The Labute approximate surface area is 167 Å². The molecule has 2 aromatic rings. The van der Waals surface area contributed by atoms with E-state index in [-0.39, 0.29) is 11.9 Å². The first-order chi connectivity index (χ1) is 13.6. The summed E-state index contributed by atoms with van der Waals surface area (Å²) in [4.78, 5) is 26.6. The first-order valence-corrected chi connectivity index (χ1v) is 10.0. The van der Waals surface area contributed by atoms with Crippen molar-refractivity contribution in [2.45, 2.75) is 39.2 Å². The van der Waals surface area contributed by atoms with E-state index in [0.717, 1.165) is 37.1 Å². The van der Waals surface area contributed by atoms with Gasteiger partial charge < -0.3 is 15.5 Å². The van der Waals surface area contributed by atoms with Gasteiger partial charge in [0.15, 0.2) is 0 Å². The summed E-state index contributed by atoms with van der Waals surface area (Å²) in [6, 6.07) is 17.6. The van der Waals surface area contributed by atoms with Crippen LogP contribution in [0.1, 0.15) is 36.8 Å². The molecule has 1 fully saturated rings. The van der Waals surface area contributed by atoms with E-state index in [1.165, 1.54) is 5.56 Å². The van der Waals surface area contributed by atoms with Crippen LogP contribution in [-0.4, -0.2) is 29.9 Å². The molecule has 2 aromatic carbocycles. The highest BCUT2D eigenvalue weighted by Gasteiger charge is 2.24. The Morgan fingerprint density at radius 1 is 1.07 bits per heavy atom. The van der Waals surface area contributed by atoms with Gasteiger partial charge >= 0.3 is 6.03 Å². The molecule has 3 rings (SSSR count). The molecule has 1 aliphatic rings. The maximum Gasteiger partial charge on any atom is 0.321 e. The highest BCUT2D eigenvalue weighted by atomic mass is 16.2. The Morgan fingerprint density at radius 2 is 1.82 bits per heavy atom. The molecule has 0 spiro atoms. The van der Waals surface area contributed by atoms with Crippen molar-refractivity contribution in [1.82, 2.24) is 10.2 Å². The number of amides is 3. The Bertz CT molecular complexity index is 791. The number of nitrogens with zero attached hydrogens (tertiary/aromatic N) is 1. The van der Waals surface area contributed by atoms with Crippen LogP contribution in [0.5, 0.6) is 0 Å². The molecular weight excluding hydrogens is 350 g/mol. The van der Waals surface area contributed by atoms with Crippen LogP contribution in [0, 0.1) is 12.8 Å². The molecule has 0 bridgehead atoms. The number of carbonyl (C=O) groups excluding carboxylic acids is 2. The average molecular weight is 380 g/mol. The number of likely N-dealkylation sites (tertiary alicyclic amines) is 1. The summed E-state index contributed by atoms with van der Waals surface area (Å²) in [6.45, 7) is 4.11. The maximum atomic E-state index is 12.5. The van der Waals surface area contributed by atoms with Crippen molar-refractivity contribution in [3.8, 4) is 0 Å². The minimum atomic E-state index is -0.0556. The van der Waals surface area contributed by atoms with E-state index in [9.17, 15) is 9.59 Å². The van der Waals surface area contributed by atoms with Gasteiger partial charge in [-0.25, -0.2) is 4.79 Å². The fourth-order valence-corrected chi connectivity index (χ4v) is 3.64. The van der Waals surface area contributed by atoms with Crippen molar-refractivity contribution in [2.24, 2.45) is 5.92 Å². The zero-order chi connectivity index (χ0) is 19.8. The van der Waals surface area contributed by atoms with Crippen LogP contribution in [0.15, 0.2) is 54.6 Å². The normalized spacial score (nSPS) is 16.5. The molecule has 5 heteroatoms. The number of anilines is 1. The summed E-state index contributed by atoms with van der Waals surface area (Å²) in [6.07, 6.45) is 3.37. The Balaban J connectivity index is 1.41. The van der Waals surface area contributed by atoms with Crippen LogP contribution in [0.3, 0.4) is 0 Å². The van der Waals surface area contributed by atoms with Gasteiger partial charge in [-0.05, 0) is 55.4 Å². The van der Waals surface area contributed by atoms with Crippen LogP contribution in [0.4, 0.5) is 10.5 Å². The van der Waals surface area contributed by atoms with Crippen LogP contribution in [0.2, 0.25) is 0 Å². The molecule has 148 valence electrons. The summed E-state index contributed by atoms with van der Waals surface area (Å²) in [5.74, 6) is 0.452. The van der Waals surface area contributed by atoms with E-state index >= 15 is 0 Å². The number of para-hydroxylation sites is 1. The van der Waals surface area contributed by atoms with E-state index in [0.29, 0.717) is 25.4 Å². The second-order valence-corrected chi connectivity index (χ2v) is 7.49. The third-order valence-electron chi connectivity index (χ3n) is 5.35. The predicted octanol–water partition coefficient (Wildman–Crippen LogP) is 4.34. The van der Waals surface area contributed by atoms with Gasteiger partial charge in [-0.15, -0.1) is 0 Å². The number of nitrogens with one attached hydrogen (secondary N) is 2. The minimum absolute atomic E-state index is 0.0556. The van der Waals surface area contributed by atoms with Gasteiger partial charge in [-0.2, -0.15) is 0 Å². The quantitative estimate of drug-likeness (QED) is 0.784. The number of aryl methyl sites for hydroxylation is 1. The van der Waals surface area contributed by atoms with Crippen molar-refractivity contribution in [1.29, 1.82) is 0 Å². The number of carbonyl (C=O) groups is 2. The predicted molar refractivity (Wildman–Crippen MR) is 112 cm³/mol. The number of benzene rings is 2. The third-order valence-corrected chi connectivity index (χ3v) is 5.35. The highest BCUT2D eigenvalue weighted by molar-refractivity contribution is 5.89. The van der Waals surface area contributed by atoms with Crippen molar-refractivity contribution < 1.29 is 9.59 Å². The second kappa shape index (κ2) is 9.93. The number of hydrogen-bond donors (Lipinski definition) is 2. The molecule has 0 saturated carbocycles. The van der Waals surface area contributed by atoms with Crippen LogP contribution in [-0.2, 0) is 11.3 Å². The molecule has 1 atom stereocenters. The lowest BCUT2D eigenvalue weighted by molar-refractivity contribution is -0.121.